The highest BCUT2D eigenvalue weighted by Gasteiger charge is 2.11. The monoisotopic (exact) mass is 200 g/mol. The molecule has 1 heterocycles. The highest BCUT2D eigenvalue weighted by molar-refractivity contribution is 7.98. The number of hydrogen-bond donors (Lipinski definition) is 0. The zero-order valence-corrected chi connectivity index (χ0v) is 8.52. The van der Waals surface area contributed by atoms with E-state index in [1.165, 1.54) is 6.26 Å². The molecule has 1 rings (SSSR count). The van der Waals surface area contributed by atoms with E-state index >= 15 is 0 Å². The van der Waals surface area contributed by atoms with E-state index in [1.54, 1.807) is 24.8 Å². The summed E-state index contributed by atoms with van der Waals surface area (Å²) in [5.74, 6) is 1.12. The minimum atomic E-state index is -0.305. The van der Waals surface area contributed by atoms with E-state index in [0.717, 1.165) is 5.75 Å². The van der Waals surface area contributed by atoms with Crippen LogP contribution in [0.4, 0.5) is 0 Å². The molecule has 0 fully saturated rings. The van der Waals surface area contributed by atoms with E-state index in [9.17, 15) is 4.79 Å². The van der Waals surface area contributed by atoms with Crippen LogP contribution in [0.3, 0.4) is 0 Å². The number of hydrogen-bond acceptors (Lipinski definition) is 4. The summed E-state index contributed by atoms with van der Waals surface area (Å²) >= 11 is 1.64. The lowest BCUT2D eigenvalue weighted by Crippen LogP contribution is -2.07. The van der Waals surface area contributed by atoms with Crippen LogP contribution in [-0.2, 0) is 4.74 Å². The molecule has 0 atom stereocenters. The van der Waals surface area contributed by atoms with Crippen molar-refractivity contribution in [2.45, 2.75) is 6.92 Å². The van der Waals surface area contributed by atoms with E-state index in [2.05, 4.69) is 0 Å². The van der Waals surface area contributed by atoms with E-state index in [0.29, 0.717) is 17.9 Å². The van der Waals surface area contributed by atoms with Gasteiger partial charge in [0, 0.05) is 5.75 Å². The average Bonchev–Trinajstić information content (AvgIpc) is 2.52. The van der Waals surface area contributed by atoms with Gasteiger partial charge in [0.1, 0.15) is 17.9 Å². The van der Waals surface area contributed by atoms with Crippen LogP contribution >= 0.6 is 11.8 Å². The van der Waals surface area contributed by atoms with Crippen molar-refractivity contribution < 1.29 is 13.9 Å². The fraction of sp³-hybridized carbons (Fsp3) is 0.444. The van der Waals surface area contributed by atoms with Crippen molar-refractivity contribution >= 4 is 17.7 Å². The molecule has 0 bridgehead atoms. The molecule has 0 N–H and O–H groups in total. The third-order valence-corrected chi connectivity index (χ3v) is 2.17. The topological polar surface area (TPSA) is 39.4 Å². The molecular weight excluding hydrogens is 188 g/mol. The van der Waals surface area contributed by atoms with Gasteiger partial charge in [-0.15, -0.1) is 0 Å². The summed E-state index contributed by atoms with van der Waals surface area (Å²) in [5, 5.41) is 0. The molecule has 3 nitrogen and oxygen atoms in total. The van der Waals surface area contributed by atoms with E-state index in [4.69, 9.17) is 9.15 Å². The van der Waals surface area contributed by atoms with Gasteiger partial charge in [-0.3, -0.25) is 0 Å². The molecule has 0 saturated carbocycles. The molecule has 0 aromatic carbocycles. The maximum atomic E-state index is 11.3. The van der Waals surface area contributed by atoms with Crippen LogP contribution in [0.2, 0.25) is 0 Å². The molecule has 0 amide bonds. The first-order chi connectivity index (χ1) is 6.25. The lowest BCUT2D eigenvalue weighted by Gasteiger charge is -2.01. The van der Waals surface area contributed by atoms with Crippen molar-refractivity contribution in [2.75, 3.05) is 18.6 Å². The zero-order valence-electron chi connectivity index (χ0n) is 7.70. The number of carbonyl (C=O) groups excluding carboxylic acids is 1. The van der Waals surface area contributed by atoms with Crippen LogP contribution in [-0.4, -0.2) is 24.6 Å². The Morgan fingerprint density at radius 1 is 1.69 bits per heavy atom. The van der Waals surface area contributed by atoms with Gasteiger partial charge in [0.2, 0.25) is 0 Å². The number of aryl methyl sites for hydroxylation is 1. The van der Waals surface area contributed by atoms with Crippen molar-refractivity contribution in [3.05, 3.63) is 23.7 Å². The van der Waals surface area contributed by atoms with Gasteiger partial charge in [0.05, 0.1) is 6.26 Å². The summed E-state index contributed by atoms with van der Waals surface area (Å²) in [4.78, 5) is 11.3. The van der Waals surface area contributed by atoms with Gasteiger partial charge in [-0.1, -0.05) is 0 Å². The predicted octanol–water partition coefficient (Wildman–Crippen LogP) is 2.11. The first-order valence-electron chi connectivity index (χ1n) is 3.96. The highest BCUT2D eigenvalue weighted by Crippen LogP contribution is 2.10. The van der Waals surface area contributed by atoms with Crippen LogP contribution in [0, 0.1) is 6.92 Å². The van der Waals surface area contributed by atoms with Crippen LogP contribution in [0.25, 0.3) is 0 Å². The largest absolute Gasteiger partial charge is 0.469 e. The van der Waals surface area contributed by atoms with Gasteiger partial charge in [0.25, 0.3) is 0 Å². The number of carbonyl (C=O) groups is 1. The lowest BCUT2D eigenvalue weighted by molar-refractivity contribution is 0.0528. The van der Waals surface area contributed by atoms with Crippen molar-refractivity contribution in [1.29, 1.82) is 0 Å². The molecule has 72 valence electrons. The molecule has 0 radical (unpaired) electrons. The molecule has 0 aliphatic carbocycles. The average molecular weight is 200 g/mol. The molecule has 1 aromatic heterocycles. The minimum Gasteiger partial charge on any atom is -0.469 e. The molecule has 0 aliphatic heterocycles. The predicted molar refractivity (Wildman–Crippen MR) is 52.1 cm³/mol. The molecule has 0 aliphatic rings. The van der Waals surface area contributed by atoms with E-state index in [1.807, 2.05) is 6.26 Å². The second-order valence-corrected chi connectivity index (χ2v) is 3.50. The Bertz CT molecular complexity index is 280. The smallest absolute Gasteiger partial charge is 0.341 e. The molecule has 4 heteroatoms. The van der Waals surface area contributed by atoms with E-state index in [-0.39, 0.29) is 5.97 Å². The van der Waals surface area contributed by atoms with Crippen molar-refractivity contribution in [1.82, 2.24) is 0 Å². The second-order valence-electron chi connectivity index (χ2n) is 2.52. The summed E-state index contributed by atoms with van der Waals surface area (Å²) in [6.45, 7) is 2.19. The maximum Gasteiger partial charge on any atom is 0.341 e. The standard InChI is InChI=1S/C9H12O3S/c1-7-8(3-4-11-7)9(10)12-5-6-13-2/h3-4H,5-6H2,1-2H3. The van der Waals surface area contributed by atoms with Gasteiger partial charge in [0.15, 0.2) is 0 Å². The zero-order chi connectivity index (χ0) is 9.68. The van der Waals surface area contributed by atoms with Crippen LogP contribution in [0.5, 0.6) is 0 Å². The molecule has 1 aromatic rings. The Balaban J connectivity index is 2.45. The molecule has 0 unspecified atom stereocenters. The summed E-state index contributed by atoms with van der Waals surface area (Å²) in [7, 11) is 0. The summed E-state index contributed by atoms with van der Waals surface area (Å²) in [5.41, 5.74) is 0.515. The third kappa shape index (κ3) is 2.81. The number of esters is 1. The van der Waals surface area contributed by atoms with Gasteiger partial charge in [-0.05, 0) is 19.2 Å². The van der Waals surface area contributed by atoms with Gasteiger partial charge in [-0.25, -0.2) is 4.79 Å². The van der Waals surface area contributed by atoms with Crippen LogP contribution in [0.15, 0.2) is 16.7 Å². The Morgan fingerprint density at radius 2 is 2.46 bits per heavy atom. The molecule has 13 heavy (non-hydrogen) atoms. The number of ether oxygens (including phenoxy) is 1. The first kappa shape index (κ1) is 10.2. The SMILES string of the molecule is CSCCOC(=O)c1ccoc1C. The first-order valence-corrected chi connectivity index (χ1v) is 5.35. The Hall–Kier alpha value is -0.900. The van der Waals surface area contributed by atoms with Gasteiger partial charge in [-0.2, -0.15) is 11.8 Å². The highest BCUT2D eigenvalue weighted by atomic mass is 32.2. The molecule has 0 spiro atoms. The minimum absolute atomic E-state index is 0.305. The number of rotatable bonds is 4. The Kier molecular flexibility index (Phi) is 3.89. The lowest BCUT2D eigenvalue weighted by atomic mass is 10.3. The van der Waals surface area contributed by atoms with Crippen molar-refractivity contribution in [3.63, 3.8) is 0 Å². The molecule has 0 saturated heterocycles. The van der Waals surface area contributed by atoms with E-state index < -0.39 is 0 Å². The quantitative estimate of drug-likeness (QED) is 0.551. The van der Waals surface area contributed by atoms with Crippen LogP contribution in [0.1, 0.15) is 16.1 Å². The number of furan rings is 1. The van der Waals surface area contributed by atoms with Crippen molar-refractivity contribution in [3.8, 4) is 0 Å². The van der Waals surface area contributed by atoms with Crippen molar-refractivity contribution in [2.24, 2.45) is 0 Å². The van der Waals surface area contributed by atoms with Gasteiger partial charge >= 0.3 is 5.97 Å². The third-order valence-electron chi connectivity index (χ3n) is 1.60. The Morgan fingerprint density at radius 3 is 3.00 bits per heavy atom. The summed E-state index contributed by atoms with van der Waals surface area (Å²) in [6.07, 6.45) is 3.46. The van der Waals surface area contributed by atoms with Crippen LogP contribution < -0.4 is 0 Å². The summed E-state index contributed by atoms with van der Waals surface area (Å²) < 4.78 is 9.97. The normalized spacial score (nSPS) is 10.0. The fourth-order valence-electron chi connectivity index (χ4n) is 0.892. The fourth-order valence-corrected chi connectivity index (χ4v) is 1.14. The summed E-state index contributed by atoms with van der Waals surface area (Å²) in [6, 6.07) is 1.62. The second kappa shape index (κ2) is 4.97. The number of thioether (sulfide) groups is 1. The van der Waals surface area contributed by atoms with Gasteiger partial charge < -0.3 is 9.15 Å². The Labute approximate surface area is 81.4 Å². The maximum absolute atomic E-state index is 11.3. The molecular formula is C9H12O3S.